The van der Waals surface area contributed by atoms with Crippen molar-refractivity contribution in [3.63, 3.8) is 0 Å². The quantitative estimate of drug-likeness (QED) is 0.512. The summed E-state index contributed by atoms with van der Waals surface area (Å²) in [5.74, 6) is 0.737. The first-order valence-electron chi connectivity index (χ1n) is 11.0. The molecule has 0 atom stereocenters. The van der Waals surface area contributed by atoms with Crippen LogP contribution in [-0.2, 0) is 14.8 Å². The summed E-state index contributed by atoms with van der Waals surface area (Å²) in [6.07, 6.45) is 0.550. The number of sulfonamides is 1. The number of anilines is 1. The Hall–Kier alpha value is -2.45. The van der Waals surface area contributed by atoms with Crippen LogP contribution in [-0.4, -0.2) is 56.6 Å². The summed E-state index contributed by atoms with van der Waals surface area (Å²) in [6, 6.07) is 15.1. The molecule has 1 saturated heterocycles. The summed E-state index contributed by atoms with van der Waals surface area (Å²) in [4.78, 5) is 14.3. The number of halogens is 1. The van der Waals surface area contributed by atoms with Gasteiger partial charge in [0.25, 0.3) is 10.0 Å². The zero-order valence-corrected chi connectivity index (χ0v) is 20.8. The third-order valence-corrected chi connectivity index (χ3v) is 7.22. The minimum absolute atomic E-state index is 0.201. The van der Waals surface area contributed by atoms with Gasteiger partial charge in [0, 0.05) is 19.1 Å². The smallest absolute Gasteiger partial charge is 0.410 e. The predicted octanol–water partition coefficient (Wildman–Crippen LogP) is 4.90. The molecular formula is C24H31ClN2O5S. The highest BCUT2D eigenvalue weighted by Crippen LogP contribution is 2.37. The number of carbonyl (C=O) groups excluding carboxylic acids is 1. The lowest BCUT2D eigenvalue weighted by Gasteiger charge is -2.39. The highest BCUT2D eigenvalue weighted by molar-refractivity contribution is 7.92. The minimum atomic E-state index is -3.88. The van der Waals surface area contributed by atoms with Crippen molar-refractivity contribution in [2.24, 2.45) is 0 Å². The first-order valence-corrected chi connectivity index (χ1v) is 13.0. The van der Waals surface area contributed by atoms with Crippen LogP contribution < -0.4 is 9.04 Å². The van der Waals surface area contributed by atoms with Crippen molar-refractivity contribution in [1.29, 1.82) is 0 Å². The van der Waals surface area contributed by atoms with Gasteiger partial charge in [-0.2, -0.15) is 0 Å². The third-order valence-electron chi connectivity index (χ3n) is 5.19. The second-order valence-electron chi connectivity index (χ2n) is 8.82. The van der Waals surface area contributed by atoms with E-state index in [1.165, 1.54) is 4.31 Å². The van der Waals surface area contributed by atoms with Crippen LogP contribution in [0.1, 0.15) is 33.6 Å². The van der Waals surface area contributed by atoms with Gasteiger partial charge in [0.2, 0.25) is 0 Å². The molecule has 0 bridgehead atoms. The zero-order chi connectivity index (χ0) is 24.1. The summed E-state index contributed by atoms with van der Waals surface area (Å²) < 4.78 is 40.3. The lowest BCUT2D eigenvalue weighted by Crippen LogP contribution is -2.50. The SMILES string of the molecule is CC(C)(C)OC(=O)N1CCC(N(c2ccccc2OCCCl)S(=O)(=O)c2ccccc2)CC1. The molecule has 1 aliphatic heterocycles. The van der Waals surface area contributed by atoms with Gasteiger partial charge in [-0.15, -0.1) is 11.6 Å². The number of ether oxygens (including phenoxy) is 2. The molecule has 0 aliphatic carbocycles. The lowest BCUT2D eigenvalue weighted by molar-refractivity contribution is 0.0207. The normalized spacial score (nSPS) is 15.2. The minimum Gasteiger partial charge on any atom is -0.490 e. The van der Waals surface area contributed by atoms with Crippen molar-refractivity contribution in [2.45, 2.75) is 50.2 Å². The zero-order valence-electron chi connectivity index (χ0n) is 19.2. The van der Waals surface area contributed by atoms with Crippen LogP contribution in [0.25, 0.3) is 0 Å². The molecule has 0 aromatic heterocycles. The Labute approximate surface area is 201 Å². The van der Waals surface area contributed by atoms with Gasteiger partial charge >= 0.3 is 6.09 Å². The molecule has 0 unspecified atom stereocenters. The summed E-state index contributed by atoms with van der Waals surface area (Å²) in [7, 11) is -3.88. The molecule has 3 rings (SSSR count). The monoisotopic (exact) mass is 494 g/mol. The van der Waals surface area contributed by atoms with Crippen LogP contribution in [0.15, 0.2) is 59.5 Å². The van der Waals surface area contributed by atoms with Crippen LogP contribution in [0.2, 0.25) is 0 Å². The van der Waals surface area contributed by atoms with Gasteiger partial charge in [-0.05, 0) is 57.9 Å². The van der Waals surface area contributed by atoms with E-state index in [4.69, 9.17) is 21.1 Å². The molecule has 7 nitrogen and oxygen atoms in total. The number of hydrogen-bond acceptors (Lipinski definition) is 5. The predicted molar refractivity (Wildman–Crippen MR) is 130 cm³/mol. The molecule has 1 heterocycles. The maximum Gasteiger partial charge on any atom is 0.410 e. The average Bonchev–Trinajstić information content (AvgIpc) is 2.78. The maximum absolute atomic E-state index is 13.8. The van der Waals surface area contributed by atoms with E-state index < -0.39 is 15.6 Å². The van der Waals surface area contributed by atoms with Crippen molar-refractivity contribution in [1.82, 2.24) is 4.90 Å². The number of para-hydroxylation sites is 2. The molecule has 0 saturated carbocycles. The molecule has 33 heavy (non-hydrogen) atoms. The van der Waals surface area contributed by atoms with Crippen molar-refractivity contribution in [3.8, 4) is 5.75 Å². The van der Waals surface area contributed by atoms with Gasteiger partial charge in [0.15, 0.2) is 0 Å². The van der Waals surface area contributed by atoms with Gasteiger partial charge in [-0.25, -0.2) is 13.2 Å². The number of piperidine rings is 1. The van der Waals surface area contributed by atoms with Crippen molar-refractivity contribution in [2.75, 3.05) is 29.9 Å². The molecule has 1 amide bonds. The first-order chi connectivity index (χ1) is 15.6. The van der Waals surface area contributed by atoms with E-state index >= 15 is 0 Å². The van der Waals surface area contributed by atoms with Crippen LogP contribution in [0.4, 0.5) is 10.5 Å². The Morgan fingerprint density at radius 1 is 1.06 bits per heavy atom. The largest absolute Gasteiger partial charge is 0.490 e. The van der Waals surface area contributed by atoms with E-state index in [2.05, 4.69) is 0 Å². The van der Waals surface area contributed by atoms with E-state index in [-0.39, 0.29) is 29.5 Å². The van der Waals surface area contributed by atoms with E-state index in [0.29, 0.717) is 37.4 Å². The van der Waals surface area contributed by atoms with Crippen molar-refractivity contribution in [3.05, 3.63) is 54.6 Å². The molecule has 0 radical (unpaired) electrons. The van der Waals surface area contributed by atoms with Gasteiger partial charge in [0.05, 0.1) is 16.5 Å². The second-order valence-corrected chi connectivity index (χ2v) is 11.0. The third kappa shape index (κ3) is 6.32. The summed E-state index contributed by atoms with van der Waals surface area (Å²) in [5, 5.41) is 0. The van der Waals surface area contributed by atoms with Crippen molar-refractivity contribution < 1.29 is 22.7 Å². The fourth-order valence-corrected chi connectivity index (χ4v) is 5.57. The second kappa shape index (κ2) is 10.7. The van der Waals surface area contributed by atoms with Gasteiger partial charge in [-0.1, -0.05) is 30.3 Å². The average molecular weight is 495 g/mol. The highest BCUT2D eigenvalue weighted by Gasteiger charge is 2.37. The number of alkyl halides is 1. The van der Waals surface area contributed by atoms with Gasteiger partial charge < -0.3 is 14.4 Å². The lowest BCUT2D eigenvalue weighted by atomic mass is 10.0. The Kier molecular flexibility index (Phi) is 8.13. The van der Waals surface area contributed by atoms with Gasteiger partial charge in [0.1, 0.15) is 18.0 Å². The van der Waals surface area contributed by atoms with E-state index in [1.54, 1.807) is 59.5 Å². The Bertz CT molecular complexity index is 1030. The fraction of sp³-hybridized carbons (Fsp3) is 0.458. The van der Waals surface area contributed by atoms with E-state index in [9.17, 15) is 13.2 Å². The molecule has 9 heteroatoms. The molecule has 0 spiro atoms. The topological polar surface area (TPSA) is 76.2 Å². The van der Waals surface area contributed by atoms with Crippen LogP contribution >= 0.6 is 11.6 Å². The number of benzene rings is 2. The number of nitrogens with zero attached hydrogens (tertiary/aromatic N) is 2. The van der Waals surface area contributed by atoms with Gasteiger partial charge in [-0.3, -0.25) is 4.31 Å². The van der Waals surface area contributed by atoms with Crippen LogP contribution in [0.3, 0.4) is 0 Å². The Balaban J connectivity index is 1.93. The highest BCUT2D eigenvalue weighted by atomic mass is 35.5. The molecular weight excluding hydrogens is 464 g/mol. The van der Waals surface area contributed by atoms with E-state index in [1.807, 2.05) is 20.8 Å². The number of amides is 1. The molecule has 2 aromatic rings. The number of carbonyl (C=O) groups is 1. The van der Waals surface area contributed by atoms with Crippen LogP contribution in [0.5, 0.6) is 5.75 Å². The maximum atomic E-state index is 13.8. The summed E-state index contributed by atoms with van der Waals surface area (Å²) >= 11 is 5.80. The number of rotatable bonds is 7. The number of hydrogen-bond donors (Lipinski definition) is 0. The Morgan fingerprint density at radius 3 is 2.27 bits per heavy atom. The molecule has 180 valence electrons. The molecule has 1 fully saturated rings. The standard InChI is InChI=1S/C24H31ClN2O5S/c1-24(2,3)32-23(28)26-16-13-19(14-17-26)27(33(29,30)20-9-5-4-6-10-20)21-11-7-8-12-22(21)31-18-15-25/h4-12,19H,13-18H2,1-3H3. The van der Waals surface area contributed by atoms with E-state index in [0.717, 1.165) is 0 Å². The van der Waals surface area contributed by atoms with Crippen LogP contribution in [0, 0.1) is 0 Å². The summed E-state index contributed by atoms with van der Waals surface area (Å²) in [6.45, 7) is 6.52. The number of likely N-dealkylation sites (tertiary alicyclic amines) is 1. The molecule has 1 aliphatic rings. The summed E-state index contributed by atoms with van der Waals surface area (Å²) in [5.41, 5.74) is -0.128. The first kappa shape index (κ1) is 25.2. The van der Waals surface area contributed by atoms with Crippen molar-refractivity contribution >= 4 is 33.4 Å². The molecule has 0 N–H and O–H groups in total. The Morgan fingerprint density at radius 2 is 1.67 bits per heavy atom. The fourth-order valence-electron chi connectivity index (χ4n) is 3.75. The molecule has 2 aromatic carbocycles.